The van der Waals surface area contributed by atoms with Crippen LogP contribution in [0.4, 0.5) is 5.13 Å². The lowest BCUT2D eigenvalue weighted by Gasteiger charge is -1.97. The van der Waals surface area contributed by atoms with Crippen molar-refractivity contribution in [3.8, 4) is 0 Å². The molecule has 0 atom stereocenters. The van der Waals surface area contributed by atoms with Crippen molar-refractivity contribution in [2.24, 2.45) is 0 Å². The first-order valence-corrected chi connectivity index (χ1v) is 10.3. The fourth-order valence-corrected chi connectivity index (χ4v) is 4.49. The highest BCUT2D eigenvalue weighted by Gasteiger charge is 2.12. The van der Waals surface area contributed by atoms with Crippen molar-refractivity contribution in [1.82, 2.24) is 25.3 Å². The van der Waals surface area contributed by atoms with E-state index in [1.165, 1.54) is 11.3 Å². The zero-order valence-electron chi connectivity index (χ0n) is 13.3. The molecule has 3 heterocycles. The summed E-state index contributed by atoms with van der Waals surface area (Å²) in [7, 11) is 0. The summed E-state index contributed by atoms with van der Waals surface area (Å²) in [5, 5.41) is 14.5. The van der Waals surface area contributed by atoms with Crippen LogP contribution in [0, 0.1) is 0 Å². The van der Waals surface area contributed by atoms with E-state index in [-0.39, 0.29) is 12.3 Å². The van der Waals surface area contributed by atoms with Crippen molar-refractivity contribution in [2.75, 3.05) is 5.32 Å². The van der Waals surface area contributed by atoms with Crippen LogP contribution in [0.5, 0.6) is 0 Å². The van der Waals surface area contributed by atoms with Gasteiger partial charge in [-0.3, -0.25) is 4.79 Å². The first kappa shape index (κ1) is 17.1. The number of thiazole rings is 1. The molecule has 0 bridgehead atoms. The van der Waals surface area contributed by atoms with Crippen LogP contribution >= 0.6 is 34.4 Å². The van der Waals surface area contributed by atoms with E-state index in [0.29, 0.717) is 29.0 Å². The van der Waals surface area contributed by atoms with Gasteiger partial charge in [0.1, 0.15) is 5.51 Å². The Hall–Kier alpha value is -2.37. The Kier molecular flexibility index (Phi) is 5.18. The number of rotatable bonds is 7. The molecule has 0 aliphatic heterocycles. The number of anilines is 1. The standard InChI is InChI=1S/C15H12N6O2S3/c22-12(19-14-20-16-8-25-14)5-6-13-18-11(21-23-13)7-24-15-17-9-3-1-2-4-10(9)26-15/h1-4,8H,5-7H2,(H,19,20,22). The van der Waals surface area contributed by atoms with Crippen LogP contribution in [0.1, 0.15) is 18.1 Å². The monoisotopic (exact) mass is 404 g/mol. The van der Waals surface area contributed by atoms with Crippen LogP contribution in [0.25, 0.3) is 10.2 Å². The molecule has 0 radical (unpaired) electrons. The normalized spacial score (nSPS) is 11.1. The fourth-order valence-electron chi connectivity index (χ4n) is 2.12. The summed E-state index contributed by atoms with van der Waals surface area (Å²) in [6.07, 6.45) is 0.621. The SMILES string of the molecule is O=C(CCc1nc(CSc2nc3ccccc3s2)no1)Nc1nncs1. The van der Waals surface area contributed by atoms with Crippen LogP contribution in [-0.4, -0.2) is 31.2 Å². The molecule has 4 rings (SSSR count). The van der Waals surface area contributed by atoms with Crippen molar-refractivity contribution in [1.29, 1.82) is 0 Å². The highest BCUT2D eigenvalue weighted by Crippen LogP contribution is 2.30. The van der Waals surface area contributed by atoms with Crippen LogP contribution in [0.15, 0.2) is 38.6 Å². The molecule has 0 saturated carbocycles. The maximum absolute atomic E-state index is 11.8. The van der Waals surface area contributed by atoms with E-state index >= 15 is 0 Å². The highest BCUT2D eigenvalue weighted by molar-refractivity contribution is 8.00. The zero-order chi connectivity index (χ0) is 17.8. The zero-order valence-corrected chi connectivity index (χ0v) is 15.7. The second-order valence-electron chi connectivity index (χ2n) is 5.13. The van der Waals surface area contributed by atoms with Gasteiger partial charge in [-0.2, -0.15) is 4.98 Å². The summed E-state index contributed by atoms with van der Waals surface area (Å²) in [6, 6.07) is 8.02. The lowest BCUT2D eigenvalue weighted by molar-refractivity contribution is -0.116. The number of carbonyl (C=O) groups is 1. The molecule has 3 aromatic heterocycles. The third kappa shape index (κ3) is 4.23. The topological polar surface area (TPSA) is 107 Å². The van der Waals surface area contributed by atoms with Crippen LogP contribution in [0.3, 0.4) is 0 Å². The Morgan fingerprint density at radius 3 is 3.04 bits per heavy atom. The van der Waals surface area contributed by atoms with E-state index in [1.807, 2.05) is 18.2 Å². The minimum absolute atomic E-state index is 0.162. The summed E-state index contributed by atoms with van der Waals surface area (Å²) in [6.45, 7) is 0. The van der Waals surface area contributed by atoms with E-state index < -0.39 is 0 Å². The van der Waals surface area contributed by atoms with Crippen LogP contribution < -0.4 is 5.32 Å². The minimum Gasteiger partial charge on any atom is -0.339 e. The summed E-state index contributed by atoms with van der Waals surface area (Å²) in [4.78, 5) is 20.7. The molecule has 1 N–H and O–H groups in total. The molecule has 0 aliphatic carbocycles. The second kappa shape index (κ2) is 7.89. The van der Waals surface area contributed by atoms with Gasteiger partial charge in [0.2, 0.25) is 16.9 Å². The van der Waals surface area contributed by atoms with Gasteiger partial charge in [-0.15, -0.1) is 21.5 Å². The molecule has 1 aromatic carbocycles. The number of amides is 1. The Balaban J connectivity index is 1.28. The number of nitrogens with zero attached hydrogens (tertiary/aromatic N) is 5. The van der Waals surface area contributed by atoms with Crippen molar-refractivity contribution < 1.29 is 9.32 Å². The number of hydrogen-bond donors (Lipinski definition) is 1. The Bertz CT molecular complexity index is 980. The van der Waals surface area contributed by atoms with Gasteiger partial charge in [0.25, 0.3) is 0 Å². The average Bonchev–Trinajstić information content (AvgIpc) is 3.38. The Labute approximate surface area is 160 Å². The van der Waals surface area contributed by atoms with Gasteiger partial charge in [-0.1, -0.05) is 40.4 Å². The van der Waals surface area contributed by atoms with Crippen LogP contribution in [0.2, 0.25) is 0 Å². The third-order valence-corrected chi connectivity index (χ3v) is 6.06. The highest BCUT2D eigenvalue weighted by atomic mass is 32.2. The second-order valence-corrected chi connectivity index (χ2v) is 8.22. The molecule has 8 nitrogen and oxygen atoms in total. The van der Waals surface area contributed by atoms with Gasteiger partial charge in [-0.25, -0.2) is 4.98 Å². The first-order chi connectivity index (χ1) is 12.8. The number of carbonyl (C=O) groups excluding carboxylic acids is 1. The molecule has 11 heteroatoms. The van der Waals surface area contributed by atoms with E-state index in [0.717, 1.165) is 14.6 Å². The van der Waals surface area contributed by atoms with Gasteiger partial charge >= 0.3 is 0 Å². The molecule has 0 aliphatic rings. The van der Waals surface area contributed by atoms with E-state index in [9.17, 15) is 4.79 Å². The van der Waals surface area contributed by atoms with Gasteiger partial charge in [0.05, 0.1) is 16.0 Å². The number of fused-ring (bicyclic) bond motifs is 1. The van der Waals surface area contributed by atoms with Crippen molar-refractivity contribution >= 4 is 55.7 Å². The summed E-state index contributed by atoms with van der Waals surface area (Å²) in [5.41, 5.74) is 2.55. The first-order valence-electron chi connectivity index (χ1n) is 7.62. The predicted octanol–water partition coefficient (Wildman–Crippen LogP) is 3.39. The largest absolute Gasteiger partial charge is 0.339 e. The molecular formula is C15H12N6O2S3. The van der Waals surface area contributed by atoms with Gasteiger partial charge in [0, 0.05) is 12.8 Å². The molecule has 26 heavy (non-hydrogen) atoms. The maximum Gasteiger partial charge on any atom is 0.227 e. The van der Waals surface area contributed by atoms with Crippen molar-refractivity contribution in [2.45, 2.75) is 22.9 Å². The Morgan fingerprint density at radius 1 is 1.27 bits per heavy atom. The number of nitrogens with one attached hydrogen (secondary N) is 1. The minimum atomic E-state index is -0.162. The van der Waals surface area contributed by atoms with E-state index in [1.54, 1.807) is 28.6 Å². The molecule has 132 valence electrons. The molecule has 1 amide bonds. The number of benzene rings is 1. The number of para-hydroxylation sites is 1. The maximum atomic E-state index is 11.8. The summed E-state index contributed by atoms with van der Waals surface area (Å²) in [5.74, 6) is 1.44. The lowest BCUT2D eigenvalue weighted by atomic mass is 10.3. The predicted molar refractivity (Wildman–Crippen MR) is 100 cm³/mol. The smallest absolute Gasteiger partial charge is 0.227 e. The molecule has 0 saturated heterocycles. The third-order valence-electron chi connectivity index (χ3n) is 3.28. The molecule has 0 fully saturated rings. The molecule has 4 aromatic rings. The lowest BCUT2D eigenvalue weighted by Crippen LogP contribution is -2.12. The quantitative estimate of drug-likeness (QED) is 0.467. The van der Waals surface area contributed by atoms with Gasteiger partial charge in [0.15, 0.2) is 10.2 Å². The van der Waals surface area contributed by atoms with Gasteiger partial charge in [-0.05, 0) is 12.1 Å². The summed E-state index contributed by atoms with van der Waals surface area (Å²) >= 11 is 4.48. The van der Waals surface area contributed by atoms with E-state index in [2.05, 4.69) is 36.7 Å². The Morgan fingerprint density at radius 2 is 2.19 bits per heavy atom. The molecular weight excluding hydrogens is 392 g/mol. The summed E-state index contributed by atoms with van der Waals surface area (Å²) < 4.78 is 7.33. The number of hydrogen-bond acceptors (Lipinski definition) is 10. The molecule has 0 unspecified atom stereocenters. The van der Waals surface area contributed by atoms with Crippen LogP contribution in [-0.2, 0) is 17.0 Å². The van der Waals surface area contributed by atoms with Crippen molar-refractivity contribution in [3.05, 3.63) is 41.5 Å². The number of thioether (sulfide) groups is 1. The van der Waals surface area contributed by atoms with E-state index in [4.69, 9.17) is 4.52 Å². The van der Waals surface area contributed by atoms with Gasteiger partial charge < -0.3 is 9.84 Å². The average molecular weight is 405 g/mol. The number of aromatic nitrogens is 5. The fraction of sp³-hybridized carbons (Fsp3) is 0.200. The van der Waals surface area contributed by atoms with Crippen molar-refractivity contribution in [3.63, 3.8) is 0 Å². The number of aryl methyl sites for hydroxylation is 1. The molecule has 0 spiro atoms.